The molecule has 0 spiro atoms. The quantitative estimate of drug-likeness (QED) is 0.288. The average Bonchev–Trinajstić information content (AvgIpc) is 2.78. The summed E-state index contributed by atoms with van der Waals surface area (Å²) in [6.45, 7) is 6.23. The molecule has 0 bridgehead atoms. The average molecular weight is 469 g/mol. The SMILES string of the molecule is CCCCCCCC[N+](C)(C)CCOc1cc(OC)cc2c1C(=O)c1c(O)cc(C)cc1C2=O. The van der Waals surface area contributed by atoms with Crippen LogP contribution < -0.4 is 9.47 Å². The van der Waals surface area contributed by atoms with Crippen LogP contribution in [0.4, 0.5) is 0 Å². The highest BCUT2D eigenvalue weighted by Gasteiger charge is 2.35. The van der Waals surface area contributed by atoms with Crippen LogP contribution in [0.2, 0.25) is 0 Å². The molecule has 0 saturated carbocycles. The lowest BCUT2D eigenvalue weighted by atomic mass is 9.82. The second kappa shape index (κ2) is 11.0. The van der Waals surface area contributed by atoms with E-state index in [4.69, 9.17) is 9.47 Å². The zero-order valence-electron chi connectivity index (χ0n) is 21.2. The number of unbranched alkanes of at least 4 members (excludes halogenated alkanes) is 5. The van der Waals surface area contributed by atoms with Gasteiger partial charge in [-0.3, -0.25) is 9.59 Å². The fourth-order valence-corrected chi connectivity index (χ4v) is 4.52. The fourth-order valence-electron chi connectivity index (χ4n) is 4.52. The van der Waals surface area contributed by atoms with Gasteiger partial charge in [0.2, 0.25) is 5.78 Å². The summed E-state index contributed by atoms with van der Waals surface area (Å²) in [6.07, 6.45) is 7.56. The van der Waals surface area contributed by atoms with Gasteiger partial charge in [-0.2, -0.15) is 0 Å². The van der Waals surface area contributed by atoms with Crippen LogP contribution in [0.3, 0.4) is 0 Å². The number of carbonyl (C=O) groups excluding carboxylic acids is 2. The van der Waals surface area contributed by atoms with Crippen molar-refractivity contribution in [2.45, 2.75) is 52.4 Å². The van der Waals surface area contributed by atoms with E-state index in [-0.39, 0.29) is 33.8 Å². The largest absolute Gasteiger partial charge is 0.507 e. The van der Waals surface area contributed by atoms with Gasteiger partial charge in [-0.1, -0.05) is 32.6 Å². The number of benzene rings is 2. The lowest BCUT2D eigenvalue weighted by Crippen LogP contribution is -2.43. The van der Waals surface area contributed by atoms with Gasteiger partial charge in [-0.05, 0) is 43.5 Å². The van der Waals surface area contributed by atoms with Gasteiger partial charge in [0, 0.05) is 17.2 Å². The van der Waals surface area contributed by atoms with E-state index >= 15 is 0 Å². The molecular weight excluding hydrogens is 430 g/mol. The van der Waals surface area contributed by atoms with Crippen molar-refractivity contribution in [3.63, 3.8) is 0 Å². The topological polar surface area (TPSA) is 72.8 Å². The van der Waals surface area contributed by atoms with E-state index in [1.165, 1.54) is 51.7 Å². The van der Waals surface area contributed by atoms with E-state index in [1.807, 2.05) is 0 Å². The molecule has 2 aromatic carbocycles. The number of phenolic OH excluding ortho intramolecular Hbond substituents is 1. The third-order valence-corrected chi connectivity index (χ3v) is 6.59. The van der Waals surface area contributed by atoms with Gasteiger partial charge >= 0.3 is 0 Å². The molecule has 0 heterocycles. The Balaban J connectivity index is 1.75. The summed E-state index contributed by atoms with van der Waals surface area (Å²) in [4.78, 5) is 26.6. The van der Waals surface area contributed by atoms with Crippen LogP contribution >= 0.6 is 0 Å². The van der Waals surface area contributed by atoms with E-state index in [1.54, 1.807) is 25.1 Å². The number of fused-ring (bicyclic) bond motifs is 2. The molecule has 0 amide bonds. The van der Waals surface area contributed by atoms with Crippen molar-refractivity contribution in [3.05, 3.63) is 52.1 Å². The van der Waals surface area contributed by atoms with Crippen LogP contribution in [0.25, 0.3) is 0 Å². The molecule has 34 heavy (non-hydrogen) atoms. The molecule has 3 rings (SSSR count). The monoisotopic (exact) mass is 468 g/mol. The Bertz CT molecular complexity index is 1060. The maximum absolute atomic E-state index is 13.4. The summed E-state index contributed by atoms with van der Waals surface area (Å²) in [5.41, 5.74) is 1.41. The zero-order valence-corrected chi connectivity index (χ0v) is 21.2. The van der Waals surface area contributed by atoms with E-state index in [0.717, 1.165) is 17.6 Å². The van der Waals surface area contributed by atoms with Gasteiger partial charge in [0.05, 0.1) is 38.9 Å². The molecule has 0 aliphatic heterocycles. The Kier molecular flexibility index (Phi) is 8.37. The van der Waals surface area contributed by atoms with Gasteiger partial charge in [0.15, 0.2) is 5.78 Å². The first-order chi connectivity index (χ1) is 16.2. The van der Waals surface area contributed by atoms with Crippen LogP contribution in [0.1, 0.15) is 82.9 Å². The number of rotatable bonds is 12. The Morgan fingerprint density at radius 3 is 2.24 bits per heavy atom. The lowest BCUT2D eigenvalue weighted by molar-refractivity contribution is -0.890. The highest BCUT2D eigenvalue weighted by molar-refractivity contribution is 6.30. The summed E-state index contributed by atoms with van der Waals surface area (Å²) < 4.78 is 12.3. The number of quaternary nitrogens is 1. The molecular formula is C28H38NO5+. The second-order valence-corrected chi connectivity index (χ2v) is 9.91. The van der Waals surface area contributed by atoms with Crippen molar-refractivity contribution in [2.24, 2.45) is 0 Å². The van der Waals surface area contributed by atoms with Crippen molar-refractivity contribution >= 4 is 11.6 Å². The molecule has 0 fully saturated rings. The van der Waals surface area contributed by atoms with E-state index in [2.05, 4.69) is 21.0 Å². The van der Waals surface area contributed by atoms with Crippen molar-refractivity contribution < 1.29 is 28.7 Å². The van der Waals surface area contributed by atoms with Gasteiger partial charge < -0.3 is 19.1 Å². The molecule has 6 nitrogen and oxygen atoms in total. The predicted molar refractivity (Wildman–Crippen MR) is 133 cm³/mol. The predicted octanol–water partition coefficient (Wildman–Crippen LogP) is 5.30. The van der Waals surface area contributed by atoms with Crippen LogP contribution in [0, 0.1) is 6.92 Å². The van der Waals surface area contributed by atoms with Crippen LogP contribution in [0.5, 0.6) is 17.2 Å². The molecule has 1 N–H and O–H groups in total. The van der Waals surface area contributed by atoms with Crippen molar-refractivity contribution in [2.75, 3.05) is 40.9 Å². The van der Waals surface area contributed by atoms with Crippen molar-refractivity contribution in [3.8, 4) is 17.2 Å². The number of hydrogen-bond donors (Lipinski definition) is 1. The smallest absolute Gasteiger partial charge is 0.201 e. The summed E-state index contributed by atoms with van der Waals surface area (Å²) in [6, 6.07) is 6.36. The number of likely N-dealkylation sites (N-methyl/N-ethyl adjacent to an activating group) is 1. The Morgan fingerprint density at radius 1 is 0.853 bits per heavy atom. The molecule has 0 atom stereocenters. The van der Waals surface area contributed by atoms with Crippen molar-refractivity contribution in [1.82, 2.24) is 0 Å². The summed E-state index contributed by atoms with van der Waals surface area (Å²) in [7, 11) is 5.88. The highest BCUT2D eigenvalue weighted by Crippen LogP contribution is 2.39. The van der Waals surface area contributed by atoms with E-state index in [9.17, 15) is 14.7 Å². The Labute approximate surface area is 203 Å². The molecule has 6 heteroatoms. The molecule has 1 aliphatic rings. The molecule has 0 unspecified atom stereocenters. The molecule has 1 aliphatic carbocycles. The summed E-state index contributed by atoms with van der Waals surface area (Å²) in [5, 5.41) is 10.4. The Hall–Kier alpha value is -2.86. The molecule has 0 aromatic heterocycles. The van der Waals surface area contributed by atoms with Crippen LogP contribution in [0.15, 0.2) is 24.3 Å². The minimum atomic E-state index is -0.402. The maximum atomic E-state index is 13.4. The number of ketones is 2. The summed E-state index contributed by atoms with van der Waals surface area (Å²) >= 11 is 0. The van der Waals surface area contributed by atoms with Gasteiger partial charge in [0.25, 0.3) is 0 Å². The first kappa shape index (κ1) is 25.8. The summed E-state index contributed by atoms with van der Waals surface area (Å²) in [5.74, 6) is -0.126. The lowest BCUT2D eigenvalue weighted by Gasteiger charge is -2.30. The van der Waals surface area contributed by atoms with Crippen molar-refractivity contribution in [1.29, 1.82) is 0 Å². The highest BCUT2D eigenvalue weighted by atomic mass is 16.5. The van der Waals surface area contributed by atoms with E-state index < -0.39 is 5.78 Å². The molecule has 0 radical (unpaired) electrons. The first-order valence-corrected chi connectivity index (χ1v) is 12.3. The van der Waals surface area contributed by atoms with Gasteiger partial charge in [-0.15, -0.1) is 0 Å². The van der Waals surface area contributed by atoms with Crippen LogP contribution in [-0.2, 0) is 0 Å². The number of hydrogen-bond acceptors (Lipinski definition) is 5. The van der Waals surface area contributed by atoms with E-state index in [0.29, 0.717) is 23.7 Å². The molecule has 184 valence electrons. The molecule has 2 aromatic rings. The minimum Gasteiger partial charge on any atom is -0.507 e. The van der Waals surface area contributed by atoms with Gasteiger partial charge in [0.1, 0.15) is 30.4 Å². The third kappa shape index (κ3) is 5.79. The normalized spacial score (nSPS) is 13.0. The number of aryl methyl sites for hydroxylation is 1. The van der Waals surface area contributed by atoms with Crippen LogP contribution in [-0.4, -0.2) is 62.1 Å². The fraction of sp³-hybridized carbons (Fsp3) is 0.500. The number of aromatic hydroxyl groups is 1. The number of methoxy groups -OCH3 is 1. The number of phenols is 1. The standard InChI is InChI=1S/C28H37NO5/c1-6-7-8-9-10-11-12-29(3,4)13-14-34-24-18-20(33-5)17-22-26(24)28(32)25-21(27(22)31)15-19(2)16-23(25)30/h15-18H,6-14H2,1-5H3/p+1. The number of ether oxygens (including phenoxy) is 2. The first-order valence-electron chi connectivity index (χ1n) is 12.3. The zero-order chi connectivity index (χ0) is 24.9. The third-order valence-electron chi connectivity index (χ3n) is 6.59. The maximum Gasteiger partial charge on any atom is 0.201 e. The molecule has 0 saturated heterocycles. The minimum absolute atomic E-state index is 0.0392. The Morgan fingerprint density at radius 2 is 1.53 bits per heavy atom. The number of nitrogens with zero attached hydrogens (tertiary/aromatic N) is 1. The second-order valence-electron chi connectivity index (χ2n) is 9.91. The van der Waals surface area contributed by atoms with Gasteiger partial charge in [-0.25, -0.2) is 0 Å². The number of carbonyl (C=O) groups is 2.